The Balaban J connectivity index is 2.31. The van der Waals surface area contributed by atoms with E-state index in [-0.39, 0.29) is 47.6 Å². The lowest BCUT2D eigenvalue weighted by Crippen LogP contribution is -2.55. The maximum atomic E-state index is 13.6. The van der Waals surface area contributed by atoms with E-state index in [9.17, 15) is 27.6 Å². The standard InChI is InChI=1S/C34H49N7O6S/c1-10-15-28(21-36-24(6)31(42)39-30(22(3)4)34(45)35-11-2)38-33(44)27-18-26(19-29(20-27)41(9)48(46,47)40(7)8)32(43)37-23(5)25-16-13-12-14-17-25/h1,12-14,16-20,22-24,28,30,36H,11,15,21H2,2-9H3,(H,35,45)(H,37,43)(H,38,44)(H,39,42)/t23-,24+,28+,30+/m1/s1. The molecule has 0 fully saturated rings. The zero-order chi connectivity index (χ0) is 36.2. The molecule has 14 heteroatoms. The van der Waals surface area contributed by atoms with E-state index in [2.05, 4.69) is 32.5 Å². The first-order valence-corrected chi connectivity index (χ1v) is 17.2. The van der Waals surface area contributed by atoms with Gasteiger partial charge < -0.3 is 26.6 Å². The lowest BCUT2D eigenvalue weighted by molar-refractivity contribution is -0.130. The Kier molecular flexibility index (Phi) is 15.1. The van der Waals surface area contributed by atoms with Crippen molar-refractivity contribution in [2.45, 2.75) is 65.2 Å². The Morgan fingerprint density at radius 3 is 1.96 bits per heavy atom. The fraction of sp³-hybridized carbons (Fsp3) is 0.471. The molecular weight excluding hydrogens is 634 g/mol. The molecule has 0 heterocycles. The monoisotopic (exact) mass is 683 g/mol. The van der Waals surface area contributed by atoms with Crippen LogP contribution in [0.4, 0.5) is 5.69 Å². The summed E-state index contributed by atoms with van der Waals surface area (Å²) in [5.41, 5.74) is 1.06. The topological polar surface area (TPSA) is 169 Å². The van der Waals surface area contributed by atoms with Crippen molar-refractivity contribution in [1.29, 1.82) is 0 Å². The molecule has 5 N–H and O–H groups in total. The van der Waals surface area contributed by atoms with Gasteiger partial charge in [-0.15, -0.1) is 12.3 Å². The number of anilines is 1. The average molecular weight is 684 g/mol. The van der Waals surface area contributed by atoms with Gasteiger partial charge in [-0.1, -0.05) is 44.2 Å². The second kappa shape index (κ2) is 18.2. The van der Waals surface area contributed by atoms with E-state index in [0.717, 1.165) is 14.2 Å². The highest BCUT2D eigenvalue weighted by Crippen LogP contribution is 2.23. The third-order valence-electron chi connectivity index (χ3n) is 7.62. The maximum Gasteiger partial charge on any atom is 0.303 e. The van der Waals surface area contributed by atoms with E-state index < -0.39 is 46.1 Å². The van der Waals surface area contributed by atoms with Crippen LogP contribution >= 0.6 is 0 Å². The van der Waals surface area contributed by atoms with Crippen molar-refractivity contribution in [3.63, 3.8) is 0 Å². The number of rotatable bonds is 17. The second-order valence-electron chi connectivity index (χ2n) is 12.0. The lowest BCUT2D eigenvalue weighted by Gasteiger charge is -2.25. The molecule has 2 rings (SSSR count). The van der Waals surface area contributed by atoms with Crippen LogP contribution in [-0.2, 0) is 19.8 Å². The third-order valence-corrected chi connectivity index (χ3v) is 9.45. The Morgan fingerprint density at radius 1 is 0.854 bits per heavy atom. The Bertz CT molecular complexity index is 1570. The van der Waals surface area contributed by atoms with Crippen molar-refractivity contribution in [3.05, 3.63) is 65.2 Å². The van der Waals surface area contributed by atoms with E-state index in [1.54, 1.807) is 13.8 Å². The van der Waals surface area contributed by atoms with Gasteiger partial charge in [-0.25, -0.2) is 0 Å². The molecule has 0 unspecified atom stereocenters. The van der Waals surface area contributed by atoms with Crippen molar-refractivity contribution in [2.75, 3.05) is 38.5 Å². The highest BCUT2D eigenvalue weighted by Gasteiger charge is 2.27. The first-order chi connectivity index (χ1) is 22.5. The average Bonchev–Trinajstić information content (AvgIpc) is 3.05. The molecule has 13 nitrogen and oxygen atoms in total. The van der Waals surface area contributed by atoms with Crippen molar-refractivity contribution in [2.24, 2.45) is 5.92 Å². The van der Waals surface area contributed by atoms with Crippen LogP contribution < -0.4 is 30.9 Å². The molecule has 0 aliphatic carbocycles. The Morgan fingerprint density at radius 2 is 1.44 bits per heavy atom. The van der Waals surface area contributed by atoms with Crippen LogP contribution in [-0.4, -0.2) is 88.7 Å². The number of carbonyl (C=O) groups is 4. The van der Waals surface area contributed by atoms with Crippen LogP contribution in [0.5, 0.6) is 0 Å². The lowest BCUT2D eigenvalue weighted by atomic mass is 10.0. The minimum atomic E-state index is -3.96. The number of terminal acetylenes is 1. The number of carbonyl (C=O) groups excluding carboxylic acids is 4. The van der Waals surface area contributed by atoms with Gasteiger partial charge in [0, 0.05) is 51.8 Å². The van der Waals surface area contributed by atoms with Gasteiger partial charge in [0.05, 0.1) is 23.8 Å². The highest BCUT2D eigenvalue weighted by atomic mass is 32.2. The summed E-state index contributed by atoms with van der Waals surface area (Å²) < 4.78 is 27.9. The summed E-state index contributed by atoms with van der Waals surface area (Å²) >= 11 is 0. The number of benzene rings is 2. The molecule has 0 saturated carbocycles. The third kappa shape index (κ3) is 11.1. The van der Waals surface area contributed by atoms with Gasteiger partial charge in [-0.2, -0.15) is 12.7 Å². The number of hydrogen-bond acceptors (Lipinski definition) is 7. The predicted octanol–water partition coefficient (Wildman–Crippen LogP) is 1.80. The molecule has 0 saturated heterocycles. The summed E-state index contributed by atoms with van der Waals surface area (Å²) in [6.07, 6.45) is 5.69. The molecule has 0 aromatic heterocycles. The fourth-order valence-electron chi connectivity index (χ4n) is 4.63. The molecule has 4 amide bonds. The fourth-order valence-corrected chi connectivity index (χ4v) is 5.49. The smallest absolute Gasteiger partial charge is 0.303 e. The van der Waals surface area contributed by atoms with E-state index in [1.165, 1.54) is 39.3 Å². The van der Waals surface area contributed by atoms with E-state index in [1.807, 2.05) is 51.1 Å². The van der Waals surface area contributed by atoms with Gasteiger partial charge >= 0.3 is 10.2 Å². The van der Waals surface area contributed by atoms with Crippen LogP contribution in [0, 0.1) is 18.3 Å². The van der Waals surface area contributed by atoms with Crippen molar-refractivity contribution >= 4 is 39.5 Å². The summed E-state index contributed by atoms with van der Waals surface area (Å²) in [7, 11) is 0.117. The minimum absolute atomic E-state index is 0.0281. The van der Waals surface area contributed by atoms with Crippen molar-refractivity contribution < 1.29 is 27.6 Å². The number of likely N-dealkylation sites (N-methyl/N-ethyl adjacent to an activating group) is 1. The number of nitrogens with zero attached hydrogens (tertiary/aromatic N) is 2. The second-order valence-corrected chi connectivity index (χ2v) is 14.1. The summed E-state index contributed by atoms with van der Waals surface area (Å²) in [4.78, 5) is 52.3. The first kappa shape index (κ1) is 39.7. The molecule has 0 spiro atoms. The number of hydrogen-bond donors (Lipinski definition) is 5. The van der Waals surface area contributed by atoms with Gasteiger partial charge in [0.15, 0.2) is 0 Å². The highest BCUT2D eigenvalue weighted by molar-refractivity contribution is 7.90. The first-order valence-electron chi connectivity index (χ1n) is 15.8. The van der Waals surface area contributed by atoms with E-state index in [4.69, 9.17) is 6.42 Å². The zero-order valence-corrected chi connectivity index (χ0v) is 29.8. The summed E-state index contributed by atoms with van der Waals surface area (Å²) in [5.74, 6) is 0.587. The molecular formula is C34H49N7O6S. The zero-order valence-electron chi connectivity index (χ0n) is 29.0. The van der Waals surface area contributed by atoms with Crippen LogP contribution in [0.2, 0.25) is 0 Å². The SMILES string of the molecule is C#CC[C@@H](CN[C@@H](C)C(=O)N[C@H](C(=O)NCC)C(C)C)NC(=O)c1cc(C(=O)N[C@H](C)c2ccccc2)cc(N(C)S(=O)(=O)N(C)C)c1. The van der Waals surface area contributed by atoms with Gasteiger partial charge in [0.1, 0.15) is 6.04 Å². The molecule has 0 aliphatic rings. The van der Waals surface area contributed by atoms with Crippen LogP contribution in [0.3, 0.4) is 0 Å². The molecule has 262 valence electrons. The Labute approximate surface area is 284 Å². The quantitative estimate of drug-likeness (QED) is 0.159. The molecule has 2 aromatic carbocycles. The summed E-state index contributed by atoms with van der Waals surface area (Å²) in [6, 6.07) is 11.0. The maximum absolute atomic E-state index is 13.6. The molecule has 0 bridgehead atoms. The van der Waals surface area contributed by atoms with E-state index >= 15 is 0 Å². The van der Waals surface area contributed by atoms with Crippen LogP contribution in [0.25, 0.3) is 0 Å². The van der Waals surface area contributed by atoms with Crippen LogP contribution in [0.1, 0.15) is 73.4 Å². The molecule has 0 radical (unpaired) electrons. The number of amides is 4. The minimum Gasteiger partial charge on any atom is -0.355 e. The predicted molar refractivity (Wildman–Crippen MR) is 187 cm³/mol. The van der Waals surface area contributed by atoms with Gasteiger partial charge in [-0.05, 0) is 50.5 Å². The summed E-state index contributed by atoms with van der Waals surface area (Å²) in [6.45, 7) is 9.44. The molecule has 48 heavy (non-hydrogen) atoms. The van der Waals surface area contributed by atoms with Gasteiger partial charge in [-0.3, -0.25) is 23.5 Å². The molecule has 0 aliphatic heterocycles. The van der Waals surface area contributed by atoms with E-state index in [0.29, 0.717) is 6.54 Å². The normalized spacial score (nSPS) is 13.9. The Hall–Kier alpha value is -4.45. The van der Waals surface area contributed by atoms with Gasteiger partial charge in [0.2, 0.25) is 11.8 Å². The number of nitrogens with one attached hydrogen (secondary N) is 5. The molecule has 4 atom stereocenters. The largest absolute Gasteiger partial charge is 0.355 e. The molecule has 2 aromatic rings. The van der Waals surface area contributed by atoms with Crippen LogP contribution in [0.15, 0.2) is 48.5 Å². The van der Waals surface area contributed by atoms with Crippen molar-refractivity contribution in [3.8, 4) is 12.3 Å². The van der Waals surface area contributed by atoms with Crippen molar-refractivity contribution in [1.82, 2.24) is 30.9 Å². The summed E-state index contributed by atoms with van der Waals surface area (Å²) in [5, 5.41) is 14.3. The van der Waals surface area contributed by atoms with Gasteiger partial charge in [0.25, 0.3) is 11.8 Å².